The molecule has 0 aliphatic rings. The molecule has 0 aliphatic carbocycles. The second-order valence-electron chi connectivity index (χ2n) is 9.11. The summed E-state index contributed by atoms with van der Waals surface area (Å²) in [6.07, 6.45) is -4.23. The van der Waals surface area contributed by atoms with Crippen molar-refractivity contribution in [3.05, 3.63) is 131 Å². The van der Waals surface area contributed by atoms with Gasteiger partial charge in [0.05, 0.1) is 5.75 Å². The maximum Gasteiger partial charge on any atom is 0.422 e. The summed E-state index contributed by atoms with van der Waals surface area (Å²) >= 11 is 0.811. The van der Waals surface area contributed by atoms with Crippen LogP contribution in [0, 0.1) is 23.3 Å². The first-order chi connectivity index (χ1) is 21.3. The number of anilines is 2. The van der Waals surface area contributed by atoms with Gasteiger partial charge in [-0.25, -0.2) is 17.6 Å². The fourth-order valence-electron chi connectivity index (χ4n) is 3.81. The Morgan fingerprint density at radius 1 is 0.711 bits per heavy atom. The molecule has 0 aromatic heterocycles. The van der Waals surface area contributed by atoms with Crippen molar-refractivity contribution in [2.45, 2.75) is 11.1 Å². The highest BCUT2D eigenvalue weighted by molar-refractivity contribution is 8.00. The monoisotopic (exact) mass is 647 g/mol. The topological polar surface area (TPSA) is 87.3 Å². The van der Waals surface area contributed by atoms with Gasteiger partial charge < -0.3 is 16.0 Å². The van der Waals surface area contributed by atoms with Crippen LogP contribution in [0.15, 0.2) is 95.5 Å². The van der Waals surface area contributed by atoms with E-state index in [-0.39, 0.29) is 5.70 Å². The highest BCUT2D eigenvalue weighted by atomic mass is 32.2. The summed E-state index contributed by atoms with van der Waals surface area (Å²) in [4.78, 5) is 38.4. The molecule has 6 nitrogen and oxygen atoms in total. The van der Waals surface area contributed by atoms with E-state index in [0.29, 0.717) is 21.7 Å². The predicted octanol–water partition coefficient (Wildman–Crippen LogP) is 7.40. The maximum atomic E-state index is 14.1. The van der Waals surface area contributed by atoms with Crippen LogP contribution in [0.25, 0.3) is 6.08 Å². The number of alkyl halides is 3. The van der Waals surface area contributed by atoms with Gasteiger partial charge in [-0.2, -0.15) is 13.2 Å². The largest absolute Gasteiger partial charge is 0.422 e. The third kappa shape index (κ3) is 8.29. The molecule has 45 heavy (non-hydrogen) atoms. The van der Waals surface area contributed by atoms with E-state index in [2.05, 4.69) is 10.6 Å². The van der Waals surface area contributed by atoms with Gasteiger partial charge in [0.25, 0.3) is 11.8 Å². The molecule has 4 rings (SSSR count). The first-order valence-corrected chi connectivity index (χ1v) is 13.7. The summed E-state index contributed by atoms with van der Waals surface area (Å²) in [6.45, 7) is 0. The Balaban J connectivity index is 1.41. The second kappa shape index (κ2) is 14.1. The van der Waals surface area contributed by atoms with Gasteiger partial charge in [0, 0.05) is 16.1 Å². The fourth-order valence-corrected chi connectivity index (χ4v) is 4.50. The molecular formula is C31H20F7N3O3S. The highest BCUT2D eigenvalue weighted by Crippen LogP contribution is 2.38. The first kappa shape index (κ1) is 32.8. The molecule has 0 fully saturated rings. The molecule has 0 heterocycles. The Hall–Kier alpha value is -5.11. The highest BCUT2D eigenvalue weighted by Gasteiger charge is 2.42. The van der Waals surface area contributed by atoms with E-state index in [1.165, 1.54) is 30.3 Å². The van der Waals surface area contributed by atoms with E-state index in [1.54, 1.807) is 66.0 Å². The van der Waals surface area contributed by atoms with Crippen molar-refractivity contribution in [3.63, 3.8) is 0 Å². The third-order valence-corrected chi connectivity index (χ3v) is 6.94. The third-order valence-electron chi connectivity index (χ3n) is 5.93. The zero-order chi connectivity index (χ0) is 32.7. The van der Waals surface area contributed by atoms with E-state index in [1.807, 2.05) is 0 Å². The van der Waals surface area contributed by atoms with Gasteiger partial charge in [0.1, 0.15) is 16.9 Å². The number of carbonyl (C=O) groups excluding carboxylic acids is 3. The van der Waals surface area contributed by atoms with E-state index < -0.39 is 64.2 Å². The Labute approximate surface area is 255 Å². The van der Waals surface area contributed by atoms with Gasteiger partial charge in [-0.15, -0.1) is 11.8 Å². The molecule has 0 spiro atoms. The van der Waals surface area contributed by atoms with Gasteiger partial charge in [-0.05, 0) is 48.0 Å². The lowest BCUT2D eigenvalue weighted by Gasteiger charge is -2.14. The zero-order valence-electron chi connectivity index (χ0n) is 22.6. The molecule has 0 unspecified atom stereocenters. The summed E-state index contributed by atoms with van der Waals surface area (Å²) < 4.78 is 94.1. The number of benzene rings is 4. The Bertz CT molecular complexity index is 1720. The van der Waals surface area contributed by atoms with E-state index >= 15 is 0 Å². The molecule has 4 aromatic rings. The van der Waals surface area contributed by atoms with Crippen LogP contribution < -0.4 is 16.0 Å². The Morgan fingerprint density at radius 3 is 1.82 bits per heavy atom. The molecule has 14 heteroatoms. The molecular weight excluding hydrogens is 627 g/mol. The SMILES string of the molecule is O=C(CSc1ccc(NC(=O)/C(=C/c2ccccc2)NC(=O)c2ccccc2)cc1)Nc1c(F)c(F)c(C(F)(F)F)c(F)c1F. The molecule has 0 saturated heterocycles. The molecule has 4 aromatic carbocycles. The van der Waals surface area contributed by atoms with Crippen LogP contribution in [0.2, 0.25) is 0 Å². The van der Waals surface area contributed by atoms with Crippen LogP contribution in [0.5, 0.6) is 0 Å². The average molecular weight is 648 g/mol. The van der Waals surface area contributed by atoms with Crippen LogP contribution in [-0.2, 0) is 15.8 Å². The standard InChI is InChI=1S/C31H20F7N3O3S/c32-24-23(31(36,37)38)25(33)27(35)28(26(24)34)41-22(42)16-45-20-13-11-19(12-14-20)39-30(44)21(15-17-7-3-1-4-8-17)40-29(43)18-9-5-2-6-10-18/h1-15H,16H2,(H,39,44)(H,40,43)(H,41,42)/b21-15-. The molecule has 0 saturated carbocycles. The van der Waals surface area contributed by atoms with Crippen molar-refractivity contribution in [2.24, 2.45) is 0 Å². The summed E-state index contributed by atoms with van der Waals surface area (Å²) in [5.41, 5.74) is -3.24. The van der Waals surface area contributed by atoms with E-state index in [9.17, 15) is 45.1 Å². The van der Waals surface area contributed by atoms with Crippen LogP contribution in [-0.4, -0.2) is 23.5 Å². The lowest BCUT2D eigenvalue weighted by atomic mass is 10.1. The van der Waals surface area contributed by atoms with Crippen molar-refractivity contribution in [2.75, 3.05) is 16.4 Å². The van der Waals surface area contributed by atoms with E-state index in [4.69, 9.17) is 0 Å². The number of carbonyl (C=O) groups is 3. The minimum absolute atomic E-state index is 0.0548. The van der Waals surface area contributed by atoms with E-state index in [0.717, 1.165) is 11.8 Å². The van der Waals surface area contributed by atoms with Crippen molar-refractivity contribution in [1.82, 2.24) is 5.32 Å². The van der Waals surface area contributed by atoms with Gasteiger partial charge in [0.15, 0.2) is 23.3 Å². The predicted molar refractivity (Wildman–Crippen MR) is 154 cm³/mol. The Morgan fingerprint density at radius 2 is 1.27 bits per heavy atom. The van der Waals surface area contributed by atoms with Crippen LogP contribution in [0.1, 0.15) is 21.5 Å². The van der Waals surface area contributed by atoms with Gasteiger partial charge in [-0.3, -0.25) is 14.4 Å². The molecule has 232 valence electrons. The molecule has 3 N–H and O–H groups in total. The first-order valence-electron chi connectivity index (χ1n) is 12.8. The van der Waals surface area contributed by atoms with Gasteiger partial charge >= 0.3 is 6.18 Å². The van der Waals surface area contributed by atoms with Crippen molar-refractivity contribution in [1.29, 1.82) is 0 Å². The average Bonchev–Trinajstić information content (AvgIpc) is 3.01. The fraction of sp³-hybridized carbons (Fsp3) is 0.0645. The van der Waals surface area contributed by atoms with Crippen LogP contribution in [0.4, 0.5) is 42.1 Å². The summed E-state index contributed by atoms with van der Waals surface area (Å²) in [5, 5.41) is 6.79. The Kier molecular flexibility index (Phi) is 10.3. The summed E-state index contributed by atoms with van der Waals surface area (Å²) in [6, 6.07) is 22.8. The number of rotatable bonds is 9. The van der Waals surface area contributed by atoms with Crippen LogP contribution in [0.3, 0.4) is 0 Å². The van der Waals surface area contributed by atoms with Gasteiger partial charge in [0.2, 0.25) is 5.91 Å². The second-order valence-corrected chi connectivity index (χ2v) is 10.2. The van der Waals surface area contributed by atoms with Gasteiger partial charge in [-0.1, -0.05) is 48.5 Å². The van der Waals surface area contributed by atoms with Crippen molar-refractivity contribution in [3.8, 4) is 0 Å². The molecule has 0 radical (unpaired) electrons. The zero-order valence-corrected chi connectivity index (χ0v) is 23.5. The molecule has 0 atom stereocenters. The normalized spacial score (nSPS) is 11.6. The number of thioether (sulfide) groups is 1. The van der Waals surface area contributed by atoms with Crippen molar-refractivity contribution >= 4 is 46.9 Å². The number of halogens is 7. The summed E-state index contributed by atoms with van der Waals surface area (Å²) in [5.74, 6) is -13.1. The van der Waals surface area contributed by atoms with Crippen LogP contribution >= 0.6 is 11.8 Å². The lowest BCUT2D eigenvalue weighted by Crippen LogP contribution is -2.30. The quantitative estimate of drug-likeness (QED) is 0.0765. The number of amides is 3. The molecule has 0 bridgehead atoms. The lowest BCUT2D eigenvalue weighted by molar-refractivity contribution is -0.143. The number of hydrogen-bond acceptors (Lipinski definition) is 4. The molecule has 3 amide bonds. The maximum absolute atomic E-state index is 14.1. The minimum Gasteiger partial charge on any atom is -0.321 e. The smallest absolute Gasteiger partial charge is 0.321 e. The summed E-state index contributed by atoms with van der Waals surface area (Å²) in [7, 11) is 0. The molecule has 0 aliphatic heterocycles. The number of nitrogens with one attached hydrogen (secondary N) is 3. The number of hydrogen-bond donors (Lipinski definition) is 3. The van der Waals surface area contributed by atoms with Crippen molar-refractivity contribution < 1.29 is 45.1 Å². The minimum atomic E-state index is -5.71.